The monoisotopic (exact) mass is 463 g/mol. The van der Waals surface area contributed by atoms with E-state index < -0.39 is 6.09 Å². The average molecular weight is 464 g/mol. The fraction of sp³-hybridized carbons (Fsp3) is 0.429. The van der Waals surface area contributed by atoms with Crippen molar-refractivity contribution >= 4 is 23.3 Å². The van der Waals surface area contributed by atoms with Crippen LogP contribution in [-0.2, 0) is 0 Å². The van der Waals surface area contributed by atoms with Crippen LogP contribution in [0.1, 0.15) is 67.9 Å². The second-order valence-corrected chi connectivity index (χ2v) is 8.70. The maximum Gasteiger partial charge on any atom is 0.409 e. The Balaban J connectivity index is 2.00. The SMILES string of the molecule is CCCCN1CCC(=C(c2ccc(C(=O)N(CC)CC)cc2)c2ccccc2NC(=O)O)CC1. The van der Waals surface area contributed by atoms with Gasteiger partial charge in [0.1, 0.15) is 0 Å². The Morgan fingerprint density at radius 3 is 2.15 bits per heavy atom. The Bertz CT molecular complexity index is 1000. The van der Waals surface area contributed by atoms with Crippen molar-refractivity contribution < 1.29 is 14.7 Å². The van der Waals surface area contributed by atoms with E-state index in [0.29, 0.717) is 24.3 Å². The molecule has 0 bridgehead atoms. The first kappa shape index (κ1) is 25.5. The van der Waals surface area contributed by atoms with E-state index in [1.54, 1.807) is 6.07 Å². The number of benzene rings is 2. The molecule has 0 aliphatic carbocycles. The highest BCUT2D eigenvalue weighted by atomic mass is 16.4. The molecular weight excluding hydrogens is 426 g/mol. The second kappa shape index (κ2) is 12.4. The molecule has 34 heavy (non-hydrogen) atoms. The summed E-state index contributed by atoms with van der Waals surface area (Å²) < 4.78 is 0. The number of para-hydroxylation sites is 1. The number of nitrogens with one attached hydrogen (secondary N) is 1. The van der Waals surface area contributed by atoms with Crippen LogP contribution in [0.15, 0.2) is 54.1 Å². The molecule has 182 valence electrons. The minimum Gasteiger partial charge on any atom is -0.465 e. The van der Waals surface area contributed by atoms with Gasteiger partial charge < -0.3 is 14.9 Å². The van der Waals surface area contributed by atoms with Crippen LogP contribution < -0.4 is 5.32 Å². The predicted molar refractivity (Wildman–Crippen MR) is 138 cm³/mol. The third-order valence-electron chi connectivity index (χ3n) is 6.55. The molecule has 1 aliphatic heterocycles. The van der Waals surface area contributed by atoms with Gasteiger partial charge in [-0.25, -0.2) is 4.79 Å². The van der Waals surface area contributed by atoms with E-state index >= 15 is 0 Å². The number of carbonyl (C=O) groups is 2. The van der Waals surface area contributed by atoms with Gasteiger partial charge in [-0.2, -0.15) is 0 Å². The molecule has 0 unspecified atom stereocenters. The van der Waals surface area contributed by atoms with E-state index in [4.69, 9.17) is 0 Å². The third kappa shape index (κ3) is 6.26. The van der Waals surface area contributed by atoms with Crippen LogP contribution in [-0.4, -0.2) is 59.6 Å². The number of amides is 2. The van der Waals surface area contributed by atoms with Gasteiger partial charge in [0.05, 0.1) is 5.69 Å². The first-order valence-electron chi connectivity index (χ1n) is 12.4. The molecule has 2 N–H and O–H groups in total. The Labute approximate surface area is 203 Å². The molecule has 3 rings (SSSR count). The Morgan fingerprint density at radius 1 is 0.941 bits per heavy atom. The highest BCUT2D eigenvalue weighted by Gasteiger charge is 2.21. The second-order valence-electron chi connectivity index (χ2n) is 8.70. The number of unbranched alkanes of at least 4 members (excludes halogenated alkanes) is 1. The van der Waals surface area contributed by atoms with Crippen LogP contribution >= 0.6 is 0 Å². The average Bonchev–Trinajstić information content (AvgIpc) is 2.85. The van der Waals surface area contributed by atoms with E-state index in [-0.39, 0.29) is 5.91 Å². The van der Waals surface area contributed by atoms with Crippen molar-refractivity contribution in [3.63, 3.8) is 0 Å². The normalized spacial score (nSPS) is 14.0. The van der Waals surface area contributed by atoms with Crippen molar-refractivity contribution in [2.75, 3.05) is 38.0 Å². The third-order valence-corrected chi connectivity index (χ3v) is 6.55. The van der Waals surface area contributed by atoms with E-state index in [2.05, 4.69) is 17.1 Å². The van der Waals surface area contributed by atoms with Crippen LogP contribution in [0, 0.1) is 0 Å². The van der Waals surface area contributed by atoms with E-state index in [9.17, 15) is 14.7 Å². The van der Waals surface area contributed by atoms with Crippen LogP contribution in [0.4, 0.5) is 10.5 Å². The number of hydrogen-bond acceptors (Lipinski definition) is 3. The molecule has 1 fully saturated rings. The van der Waals surface area contributed by atoms with E-state index in [0.717, 1.165) is 49.2 Å². The molecule has 2 amide bonds. The van der Waals surface area contributed by atoms with Crippen molar-refractivity contribution in [1.29, 1.82) is 0 Å². The van der Waals surface area contributed by atoms with Crippen LogP contribution in [0.2, 0.25) is 0 Å². The molecule has 0 saturated carbocycles. The molecule has 2 aromatic carbocycles. The molecule has 1 saturated heterocycles. The highest BCUT2D eigenvalue weighted by Crippen LogP contribution is 2.36. The summed E-state index contributed by atoms with van der Waals surface area (Å²) in [7, 11) is 0. The van der Waals surface area contributed by atoms with E-state index in [1.165, 1.54) is 18.4 Å². The quantitative estimate of drug-likeness (QED) is 0.481. The van der Waals surface area contributed by atoms with Gasteiger partial charge in [0.2, 0.25) is 0 Å². The molecule has 1 heterocycles. The van der Waals surface area contributed by atoms with Gasteiger partial charge in [-0.05, 0) is 69.0 Å². The lowest BCUT2D eigenvalue weighted by atomic mass is 9.87. The van der Waals surface area contributed by atoms with Gasteiger partial charge in [0, 0.05) is 37.3 Å². The summed E-state index contributed by atoms with van der Waals surface area (Å²) in [6, 6.07) is 15.3. The molecule has 2 aromatic rings. The van der Waals surface area contributed by atoms with Gasteiger partial charge in [-0.15, -0.1) is 0 Å². The summed E-state index contributed by atoms with van der Waals surface area (Å²) in [5.41, 5.74) is 5.53. The topological polar surface area (TPSA) is 72.9 Å². The van der Waals surface area contributed by atoms with Crippen LogP contribution in [0.5, 0.6) is 0 Å². The van der Waals surface area contributed by atoms with Gasteiger partial charge in [-0.1, -0.05) is 49.2 Å². The first-order chi connectivity index (χ1) is 16.5. The van der Waals surface area contributed by atoms with Gasteiger partial charge in [0.15, 0.2) is 0 Å². The maximum atomic E-state index is 12.8. The summed E-state index contributed by atoms with van der Waals surface area (Å²) in [6.07, 6.45) is 3.21. The fourth-order valence-electron chi connectivity index (χ4n) is 4.63. The Kier molecular flexibility index (Phi) is 9.28. The van der Waals surface area contributed by atoms with Crippen molar-refractivity contribution in [2.45, 2.75) is 46.5 Å². The summed E-state index contributed by atoms with van der Waals surface area (Å²) in [4.78, 5) is 28.6. The molecule has 6 nitrogen and oxygen atoms in total. The zero-order valence-electron chi connectivity index (χ0n) is 20.6. The minimum absolute atomic E-state index is 0.0305. The lowest BCUT2D eigenvalue weighted by molar-refractivity contribution is 0.0773. The van der Waals surface area contributed by atoms with Gasteiger partial charge >= 0.3 is 6.09 Å². The smallest absolute Gasteiger partial charge is 0.409 e. The van der Waals surface area contributed by atoms with Crippen LogP contribution in [0.3, 0.4) is 0 Å². The number of carbonyl (C=O) groups excluding carboxylic acids is 1. The van der Waals surface area contributed by atoms with E-state index in [1.807, 2.05) is 61.2 Å². The number of likely N-dealkylation sites (tertiary alicyclic amines) is 1. The molecule has 0 aromatic heterocycles. The maximum absolute atomic E-state index is 12.8. The summed E-state index contributed by atoms with van der Waals surface area (Å²) in [5, 5.41) is 12.0. The number of anilines is 1. The van der Waals surface area contributed by atoms with Crippen molar-refractivity contribution in [1.82, 2.24) is 9.80 Å². The lowest BCUT2D eigenvalue weighted by Crippen LogP contribution is -2.32. The molecule has 0 radical (unpaired) electrons. The number of hydrogen-bond donors (Lipinski definition) is 2. The number of carboxylic acid groups (broad SMARTS) is 1. The van der Waals surface area contributed by atoms with Crippen molar-refractivity contribution in [3.05, 3.63) is 70.8 Å². The molecule has 1 aliphatic rings. The summed E-state index contributed by atoms with van der Waals surface area (Å²) in [5.74, 6) is 0.0305. The lowest BCUT2D eigenvalue weighted by Gasteiger charge is -2.30. The zero-order valence-corrected chi connectivity index (χ0v) is 20.6. The number of piperidine rings is 1. The molecule has 0 atom stereocenters. The van der Waals surface area contributed by atoms with Crippen molar-refractivity contribution in [3.8, 4) is 0 Å². The standard InChI is InChI=1S/C28H37N3O3/c1-4-7-18-30-19-16-22(17-20-30)26(24-10-8-9-11-25(24)29-28(33)34)21-12-14-23(15-13-21)27(32)31(5-2)6-3/h8-15,29H,4-7,16-20H2,1-3H3,(H,33,34). The Morgan fingerprint density at radius 2 is 1.56 bits per heavy atom. The van der Waals surface area contributed by atoms with Crippen LogP contribution in [0.25, 0.3) is 5.57 Å². The summed E-state index contributed by atoms with van der Waals surface area (Å²) >= 11 is 0. The largest absolute Gasteiger partial charge is 0.465 e. The number of nitrogens with zero attached hydrogens (tertiary/aromatic N) is 2. The molecule has 0 spiro atoms. The highest BCUT2D eigenvalue weighted by molar-refractivity contribution is 5.96. The molecule has 6 heteroatoms. The van der Waals surface area contributed by atoms with Crippen molar-refractivity contribution in [2.24, 2.45) is 0 Å². The Hall–Kier alpha value is -3.12. The van der Waals surface area contributed by atoms with Gasteiger partial charge in [0.25, 0.3) is 5.91 Å². The number of rotatable bonds is 9. The zero-order chi connectivity index (χ0) is 24.5. The predicted octanol–water partition coefficient (Wildman–Crippen LogP) is 5.96. The first-order valence-corrected chi connectivity index (χ1v) is 12.4. The minimum atomic E-state index is -1.08. The van der Waals surface area contributed by atoms with Gasteiger partial charge in [-0.3, -0.25) is 10.1 Å². The summed E-state index contributed by atoms with van der Waals surface area (Å²) in [6.45, 7) is 10.7. The molecular formula is C28H37N3O3. The fourth-order valence-corrected chi connectivity index (χ4v) is 4.63.